The number of rotatable bonds is 6. The van der Waals surface area contributed by atoms with Crippen LogP contribution in [0.4, 0.5) is 0 Å². The van der Waals surface area contributed by atoms with Crippen LogP contribution in [0, 0.1) is 13.8 Å². The second-order valence-electron chi connectivity index (χ2n) is 4.18. The number of aryl methyl sites for hydroxylation is 2. The van der Waals surface area contributed by atoms with E-state index in [2.05, 4.69) is 27.8 Å². The van der Waals surface area contributed by atoms with Crippen LogP contribution in [0.5, 0.6) is 5.88 Å². The van der Waals surface area contributed by atoms with E-state index in [0.29, 0.717) is 12.5 Å². The van der Waals surface area contributed by atoms with E-state index in [0.717, 1.165) is 28.8 Å². The molecule has 0 spiro atoms. The van der Waals surface area contributed by atoms with Gasteiger partial charge in [0.05, 0.1) is 11.1 Å². The van der Waals surface area contributed by atoms with Gasteiger partial charge < -0.3 is 9.47 Å². The SMILES string of the molecule is CCCOCC(C)Oc1nc(C)c(C)cc1Br. The van der Waals surface area contributed by atoms with Gasteiger partial charge in [-0.2, -0.15) is 0 Å². The van der Waals surface area contributed by atoms with Crippen LogP contribution in [0.3, 0.4) is 0 Å². The summed E-state index contributed by atoms with van der Waals surface area (Å²) < 4.78 is 12.1. The maximum absolute atomic E-state index is 5.74. The molecule has 17 heavy (non-hydrogen) atoms. The first kappa shape index (κ1) is 14.5. The van der Waals surface area contributed by atoms with E-state index < -0.39 is 0 Å². The summed E-state index contributed by atoms with van der Waals surface area (Å²) in [5.74, 6) is 0.640. The zero-order valence-corrected chi connectivity index (χ0v) is 12.5. The van der Waals surface area contributed by atoms with Crippen molar-refractivity contribution in [1.29, 1.82) is 0 Å². The Bertz CT molecular complexity index is 369. The van der Waals surface area contributed by atoms with Gasteiger partial charge in [0, 0.05) is 12.3 Å². The molecule has 0 saturated heterocycles. The second kappa shape index (κ2) is 6.97. The fourth-order valence-corrected chi connectivity index (χ4v) is 1.88. The number of halogens is 1. The number of nitrogens with zero attached hydrogens (tertiary/aromatic N) is 1. The average Bonchev–Trinajstić information content (AvgIpc) is 2.26. The highest BCUT2D eigenvalue weighted by atomic mass is 79.9. The molecule has 1 atom stereocenters. The molecule has 3 nitrogen and oxygen atoms in total. The number of ether oxygens (including phenoxy) is 2. The molecule has 1 rings (SSSR count). The Balaban J connectivity index is 2.58. The minimum atomic E-state index is 0.00690. The number of aromatic nitrogens is 1. The van der Waals surface area contributed by atoms with Crippen LogP contribution in [0.2, 0.25) is 0 Å². The van der Waals surface area contributed by atoms with Crippen molar-refractivity contribution in [3.05, 3.63) is 21.8 Å². The fourth-order valence-electron chi connectivity index (χ4n) is 1.35. The Labute approximate surface area is 112 Å². The van der Waals surface area contributed by atoms with Crippen LogP contribution in [-0.2, 0) is 4.74 Å². The summed E-state index contributed by atoms with van der Waals surface area (Å²) in [4.78, 5) is 4.42. The summed E-state index contributed by atoms with van der Waals surface area (Å²) in [6.07, 6.45) is 1.03. The lowest BCUT2D eigenvalue weighted by atomic mass is 10.2. The topological polar surface area (TPSA) is 31.4 Å². The van der Waals surface area contributed by atoms with Gasteiger partial charge in [0.15, 0.2) is 0 Å². The first-order chi connectivity index (χ1) is 8.04. The minimum absolute atomic E-state index is 0.00690. The summed E-state index contributed by atoms with van der Waals surface area (Å²) in [6, 6.07) is 2.03. The molecular weight excluding hydrogens is 282 g/mol. The Kier molecular flexibility index (Phi) is 5.92. The van der Waals surface area contributed by atoms with Gasteiger partial charge in [-0.25, -0.2) is 4.98 Å². The first-order valence-corrected chi connectivity index (χ1v) is 6.72. The Hall–Kier alpha value is -0.610. The lowest BCUT2D eigenvalue weighted by Crippen LogP contribution is -2.20. The van der Waals surface area contributed by atoms with Crippen LogP contribution in [0.1, 0.15) is 31.5 Å². The maximum atomic E-state index is 5.74. The van der Waals surface area contributed by atoms with Crippen molar-refractivity contribution >= 4 is 15.9 Å². The molecule has 0 aliphatic heterocycles. The van der Waals surface area contributed by atoms with Gasteiger partial charge in [0.25, 0.3) is 0 Å². The van der Waals surface area contributed by atoms with E-state index in [9.17, 15) is 0 Å². The smallest absolute Gasteiger partial charge is 0.228 e. The maximum Gasteiger partial charge on any atom is 0.228 e. The van der Waals surface area contributed by atoms with Crippen LogP contribution >= 0.6 is 15.9 Å². The molecule has 1 aromatic rings. The van der Waals surface area contributed by atoms with Gasteiger partial charge in [-0.3, -0.25) is 0 Å². The van der Waals surface area contributed by atoms with Crippen molar-refractivity contribution < 1.29 is 9.47 Å². The standard InChI is InChI=1S/C13H20BrNO2/c1-5-6-16-8-10(3)17-13-12(14)7-9(2)11(4)15-13/h7,10H,5-6,8H2,1-4H3. The third-order valence-electron chi connectivity index (χ3n) is 2.40. The number of pyridine rings is 1. The average molecular weight is 302 g/mol. The highest BCUT2D eigenvalue weighted by molar-refractivity contribution is 9.10. The zero-order valence-electron chi connectivity index (χ0n) is 10.9. The lowest BCUT2D eigenvalue weighted by molar-refractivity contribution is 0.0563. The fraction of sp³-hybridized carbons (Fsp3) is 0.615. The molecule has 0 aliphatic carbocycles. The van der Waals surface area contributed by atoms with E-state index in [1.165, 1.54) is 0 Å². The van der Waals surface area contributed by atoms with E-state index in [-0.39, 0.29) is 6.10 Å². The molecule has 0 radical (unpaired) electrons. The molecule has 96 valence electrons. The predicted molar refractivity (Wildman–Crippen MR) is 72.6 cm³/mol. The van der Waals surface area contributed by atoms with Gasteiger partial charge >= 0.3 is 0 Å². The second-order valence-corrected chi connectivity index (χ2v) is 5.04. The first-order valence-electron chi connectivity index (χ1n) is 5.92. The Morgan fingerprint density at radius 1 is 1.41 bits per heavy atom. The molecule has 4 heteroatoms. The summed E-state index contributed by atoms with van der Waals surface area (Å²) in [7, 11) is 0. The van der Waals surface area contributed by atoms with Crippen LogP contribution in [0.25, 0.3) is 0 Å². The largest absolute Gasteiger partial charge is 0.471 e. The van der Waals surface area contributed by atoms with E-state index >= 15 is 0 Å². The Morgan fingerprint density at radius 2 is 2.12 bits per heavy atom. The molecule has 1 heterocycles. The van der Waals surface area contributed by atoms with Crippen molar-refractivity contribution in [3.63, 3.8) is 0 Å². The normalized spacial score (nSPS) is 12.5. The monoisotopic (exact) mass is 301 g/mol. The van der Waals surface area contributed by atoms with Crippen LogP contribution in [-0.4, -0.2) is 24.3 Å². The van der Waals surface area contributed by atoms with Crippen LogP contribution in [0.15, 0.2) is 10.5 Å². The third-order valence-corrected chi connectivity index (χ3v) is 2.97. The van der Waals surface area contributed by atoms with Crippen molar-refractivity contribution in [2.75, 3.05) is 13.2 Å². The molecule has 1 aromatic heterocycles. The van der Waals surface area contributed by atoms with Crippen LogP contribution < -0.4 is 4.74 Å². The van der Waals surface area contributed by atoms with Crippen molar-refractivity contribution in [2.45, 2.75) is 40.2 Å². The van der Waals surface area contributed by atoms with Gasteiger partial charge in [0.2, 0.25) is 5.88 Å². The molecule has 0 fully saturated rings. The quantitative estimate of drug-likeness (QED) is 0.752. The van der Waals surface area contributed by atoms with Crippen molar-refractivity contribution in [2.24, 2.45) is 0 Å². The predicted octanol–water partition coefficient (Wildman–Crippen LogP) is 3.65. The molecule has 0 aromatic carbocycles. The third kappa shape index (κ3) is 4.64. The van der Waals surface area contributed by atoms with Gasteiger partial charge in [-0.15, -0.1) is 0 Å². The lowest BCUT2D eigenvalue weighted by Gasteiger charge is -2.16. The summed E-state index contributed by atoms with van der Waals surface area (Å²) in [6.45, 7) is 9.45. The molecule has 1 unspecified atom stereocenters. The summed E-state index contributed by atoms with van der Waals surface area (Å²) >= 11 is 3.46. The highest BCUT2D eigenvalue weighted by Crippen LogP contribution is 2.25. The number of hydrogen-bond acceptors (Lipinski definition) is 3. The molecular formula is C13H20BrNO2. The zero-order chi connectivity index (χ0) is 12.8. The number of hydrogen-bond donors (Lipinski definition) is 0. The highest BCUT2D eigenvalue weighted by Gasteiger charge is 2.10. The Morgan fingerprint density at radius 3 is 2.76 bits per heavy atom. The molecule has 0 N–H and O–H groups in total. The van der Waals surface area contributed by atoms with Crippen molar-refractivity contribution in [3.8, 4) is 5.88 Å². The van der Waals surface area contributed by atoms with Gasteiger partial charge in [-0.1, -0.05) is 6.92 Å². The molecule has 0 aliphatic rings. The molecule has 0 amide bonds. The molecule has 0 saturated carbocycles. The summed E-state index contributed by atoms with van der Waals surface area (Å²) in [5, 5.41) is 0. The molecule has 0 bridgehead atoms. The van der Waals surface area contributed by atoms with E-state index in [1.54, 1.807) is 0 Å². The van der Waals surface area contributed by atoms with Gasteiger partial charge in [0.1, 0.15) is 6.10 Å². The van der Waals surface area contributed by atoms with Gasteiger partial charge in [-0.05, 0) is 54.8 Å². The van der Waals surface area contributed by atoms with E-state index in [4.69, 9.17) is 9.47 Å². The van der Waals surface area contributed by atoms with E-state index in [1.807, 2.05) is 26.8 Å². The summed E-state index contributed by atoms with van der Waals surface area (Å²) in [5.41, 5.74) is 2.14. The minimum Gasteiger partial charge on any atom is -0.471 e. The van der Waals surface area contributed by atoms with Crippen molar-refractivity contribution in [1.82, 2.24) is 4.98 Å².